The van der Waals surface area contributed by atoms with Crippen LogP contribution in [0.2, 0.25) is 25.1 Å². The Morgan fingerprint density at radius 3 is 1.48 bits per heavy atom. The number of amides is 2. The van der Waals surface area contributed by atoms with Crippen LogP contribution in [0, 0.1) is 20.8 Å². The van der Waals surface area contributed by atoms with Crippen LogP contribution in [-0.4, -0.2) is 40.7 Å². The predicted molar refractivity (Wildman–Crippen MR) is 313 cm³/mol. The molecular formula is C60H52BrCl5N4O5. The molecule has 3 N–H and O–H groups in total. The summed E-state index contributed by atoms with van der Waals surface area (Å²) < 4.78 is 0. The highest BCUT2D eigenvalue weighted by Crippen LogP contribution is 2.40. The van der Waals surface area contributed by atoms with E-state index in [1.165, 1.54) is 11.0 Å². The van der Waals surface area contributed by atoms with Gasteiger partial charge in [-0.25, -0.2) is 9.59 Å². The van der Waals surface area contributed by atoms with Gasteiger partial charge in [0.15, 0.2) is 17.3 Å². The topological polar surface area (TPSA) is 133 Å². The van der Waals surface area contributed by atoms with Gasteiger partial charge < -0.3 is 10.8 Å². The number of nitrogen functional groups attached to an aromatic ring is 1. The second kappa shape index (κ2) is 29.5. The smallest absolute Gasteiger partial charge is 0.331 e. The van der Waals surface area contributed by atoms with Crippen LogP contribution in [0.4, 0.5) is 27.5 Å². The van der Waals surface area contributed by atoms with Crippen LogP contribution in [-0.2, 0) is 16.9 Å². The van der Waals surface area contributed by atoms with E-state index in [4.69, 9.17) is 63.7 Å². The largest absolute Gasteiger partial charge is 0.399 e. The van der Waals surface area contributed by atoms with Crippen LogP contribution in [0.1, 0.15) is 55.0 Å². The average Bonchev–Trinajstić information content (AvgIpc) is 3.69. The summed E-state index contributed by atoms with van der Waals surface area (Å²) in [4.78, 5) is 52.6. The highest BCUT2D eigenvalue weighted by atomic mass is 79.9. The van der Waals surface area contributed by atoms with Gasteiger partial charge in [0.1, 0.15) is 0 Å². The predicted octanol–water partition coefficient (Wildman–Crippen LogP) is 16.9. The maximum absolute atomic E-state index is 13.4. The third kappa shape index (κ3) is 18.7. The zero-order valence-corrected chi connectivity index (χ0v) is 46.4. The highest BCUT2D eigenvalue weighted by molar-refractivity contribution is 9.09. The van der Waals surface area contributed by atoms with E-state index in [9.17, 15) is 24.3 Å². The molecule has 1 unspecified atom stereocenters. The molecule has 1 fully saturated rings. The molecule has 9 nitrogen and oxygen atoms in total. The first-order chi connectivity index (χ1) is 35.9. The number of Topliss-reactive ketones (excluding diaryl/α,β-unsaturated/α-hetero) is 2. The number of carbonyl (C=O) groups excluding carboxylic acids is 4. The molecule has 0 aliphatic carbocycles. The van der Waals surface area contributed by atoms with Crippen molar-refractivity contribution >= 4 is 120 Å². The maximum atomic E-state index is 13.4. The molecule has 0 saturated carbocycles. The molecule has 15 heteroatoms. The number of carbonyl (C=O) groups is 3. The zero-order valence-electron chi connectivity index (χ0n) is 41.1. The number of ketones is 2. The molecule has 1 aliphatic rings. The number of isocyanates is 1. The van der Waals surface area contributed by atoms with Crippen LogP contribution in [0.5, 0.6) is 0 Å². The number of aliphatic hydroxyl groups is 1. The summed E-state index contributed by atoms with van der Waals surface area (Å²) in [7, 11) is 0. The number of benzene rings is 8. The second-order valence-corrected chi connectivity index (χ2v) is 19.7. The molecule has 0 aromatic heterocycles. The SMILES string of the molecule is Cc1cccc(C(=O)CBr)c1.Cc1cccc(C(=O)CCc2ccc(Cl)cc2)c1.Cc1cccc(C2(O)CN(c3ccc(Cl)cc3)C(=O)N2c2ccc(Cl)cc2)c1.Nc1ccc(Cl)cc1.O=C=Nc1ccc(Cl)cc1. The molecule has 0 bridgehead atoms. The number of urea groups is 1. The molecule has 9 rings (SSSR count). The van der Waals surface area contributed by atoms with Gasteiger partial charge >= 0.3 is 6.03 Å². The van der Waals surface area contributed by atoms with E-state index < -0.39 is 5.72 Å². The molecule has 0 spiro atoms. The lowest BCUT2D eigenvalue weighted by molar-refractivity contribution is 0.0654. The van der Waals surface area contributed by atoms with Crippen molar-refractivity contribution in [3.63, 3.8) is 0 Å². The summed E-state index contributed by atoms with van der Waals surface area (Å²) in [5.41, 5.74) is 13.0. The number of nitrogens with zero attached hydrogens (tertiary/aromatic N) is 3. The van der Waals surface area contributed by atoms with E-state index in [-0.39, 0.29) is 24.1 Å². The number of aliphatic imine (C=N–C) groups is 1. The van der Waals surface area contributed by atoms with Gasteiger partial charge in [0.05, 0.1) is 17.6 Å². The van der Waals surface area contributed by atoms with Crippen LogP contribution >= 0.6 is 73.9 Å². The van der Waals surface area contributed by atoms with Crippen LogP contribution in [0.25, 0.3) is 0 Å². The van der Waals surface area contributed by atoms with Gasteiger partial charge in [0, 0.05) is 65.3 Å². The number of hydrogen-bond donors (Lipinski definition) is 2. The Bertz CT molecular complexity index is 3170. The quantitative estimate of drug-likeness (QED) is 0.0461. The molecule has 1 atom stereocenters. The number of β-amino-alcohol motifs (C(OH)–C–C–N with tert-alkyl or cyclic N) is 1. The Hall–Kier alpha value is -6.56. The summed E-state index contributed by atoms with van der Waals surface area (Å²) in [5, 5.41) is 15.3. The summed E-state index contributed by atoms with van der Waals surface area (Å²) in [6.45, 7) is 6.01. The van der Waals surface area contributed by atoms with Crippen molar-refractivity contribution < 1.29 is 24.3 Å². The van der Waals surface area contributed by atoms with E-state index in [2.05, 4.69) is 20.9 Å². The number of alkyl halides is 1. The van der Waals surface area contributed by atoms with Crippen LogP contribution < -0.4 is 15.5 Å². The van der Waals surface area contributed by atoms with Crippen molar-refractivity contribution in [3.8, 4) is 0 Å². The number of anilines is 3. The number of nitrogens with two attached hydrogens (primary N) is 1. The average molecular weight is 1170 g/mol. The highest BCUT2D eigenvalue weighted by Gasteiger charge is 2.51. The molecule has 0 radical (unpaired) electrons. The fourth-order valence-corrected chi connectivity index (χ4v) is 8.24. The molecule has 75 heavy (non-hydrogen) atoms. The molecule has 1 heterocycles. The van der Waals surface area contributed by atoms with Crippen LogP contribution in [0.3, 0.4) is 0 Å². The number of rotatable bonds is 10. The van der Waals surface area contributed by atoms with Crippen molar-refractivity contribution in [1.82, 2.24) is 0 Å². The monoisotopic (exact) mass is 1160 g/mol. The maximum Gasteiger partial charge on any atom is 0.331 e. The normalized spacial score (nSPS) is 13.2. The fourth-order valence-electron chi connectivity index (χ4n) is 7.29. The summed E-state index contributed by atoms with van der Waals surface area (Å²) in [6, 6.07) is 57.7. The van der Waals surface area contributed by atoms with Gasteiger partial charge in [0.25, 0.3) is 0 Å². The Labute approximate surface area is 471 Å². The molecule has 1 saturated heterocycles. The van der Waals surface area contributed by atoms with E-state index in [1.807, 2.05) is 118 Å². The summed E-state index contributed by atoms with van der Waals surface area (Å²) in [5.74, 6) is 0.322. The van der Waals surface area contributed by atoms with E-state index in [1.54, 1.807) is 102 Å². The Morgan fingerprint density at radius 2 is 1.03 bits per heavy atom. The van der Waals surface area contributed by atoms with E-state index in [0.717, 1.165) is 55.5 Å². The molecule has 1 aliphatic heterocycles. The standard InChI is InChI=1S/C22H18Cl2N2O2.C16H15ClO.C9H9BrO.C7H4ClNO.C6H6ClN/c1-15-3-2-4-16(13-15)22(28)14-25(19-9-5-17(23)6-10-19)21(27)26(22)20-11-7-18(24)8-12-20;1-12-3-2-4-14(11-12)16(18)10-7-13-5-8-15(17)9-6-13;1-7-3-2-4-8(5-7)9(11)6-10;8-6-1-3-7(4-2-6)9-5-10;7-5-1-3-6(8)4-2-5/h2-13,28H,14H2,1H3;2-6,8-9,11H,7,10H2,1H3;2-5H,6H2,1H3;1-4H;1-4H,8H2. The zero-order chi connectivity index (χ0) is 54.5. The fraction of sp³-hybridized carbons (Fsp3) is 0.133. The van der Waals surface area contributed by atoms with Gasteiger partial charge in [0.2, 0.25) is 6.08 Å². The van der Waals surface area contributed by atoms with E-state index >= 15 is 0 Å². The lowest BCUT2D eigenvalue weighted by atomic mass is 9.99. The lowest BCUT2D eigenvalue weighted by Crippen LogP contribution is -2.44. The van der Waals surface area contributed by atoms with Gasteiger partial charge in [-0.1, -0.05) is 163 Å². The minimum absolute atomic E-state index is 0.0829. The minimum atomic E-state index is -1.53. The summed E-state index contributed by atoms with van der Waals surface area (Å²) in [6.07, 6.45) is 2.72. The number of hydrogen-bond acceptors (Lipinski definition) is 7. The molecular weight excluding hydrogens is 1110 g/mol. The molecule has 384 valence electrons. The van der Waals surface area contributed by atoms with Gasteiger partial charge in [-0.05, 0) is 154 Å². The van der Waals surface area contributed by atoms with Crippen molar-refractivity contribution in [2.45, 2.75) is 39.3 Å². The second-order valence-electron chi connectivity index (χ2n) is 16.9. The first kappa shape index (κ1) is 59.3. The molecule has 2 amide bonds. The summed E-state index contributed by atoms with van der Waals surface area (Å²) >= 11 is 32.1. The first-order valence-electron chi connectivity index (χ1n) is 23.2. The Kier molecular flexibility index (Phi) is 23.3. The third-order valence-corrected chi connectivity index (χ3v) is 12.9. The van der Waals surface area contributed by atoms with Gasteiger partial charge in [-0.2, -0.15) is 4.99 Å². The Balaban J connectivity index is 0.000000189. The van der Waals surface area contributed by atoms with Gasteiger partial charge in [-0.3, -0.25) is 19.4 Å². The third-order valence-electron chi connectivity index (χ3n) is 11.1. The van der Waals surface area contributed by atoms with Gasteiger partial charge in [-0.15, -0.1) is 0 Å². The minimum Gasteiger partial charge on any atom is -0.399 e. The van der Waals surface area contributed by atoms with Crippen molar-refractivity contribution in [1.29, 1.82) is 0 Å². The number of aryl methyl sites for hydroxylation is 4. The Morgan fingerprint density at radius 1 is 0.600 bits per heavy atom. The lowest BCUT2D eigenvalue weighted by Gasteiger charge is -2.32. The van der Waals surface area contributed by atoms with Crippen LogP contribution in [0.15, 0.2) is 199 Å². The number of halogens is 6. The van der Waals surface area contributed by atoms with Crippen molar-refractivity contribution in [2.75, 3.05) is 27.4 Å². The van der Waals surface area contributed by atoms with Crippen molar-refractivity contribution in [2.24, 2.45) is 4.99 Å². The van der Waals surface area contributed by atoms with E-state index in [0.29, 0.717) is 49.4 Å². The van der Waals surface area contributed by atoms with Crippen molar-refractivity contribution in [3.05, 3.63) is 258 Å². The molecule has 8 aromatic carbocycles. The molecule has 8 aromatic rings. The first-order valence-corrected chi connectivity index (χ1v) is 26.2.